The maximum atomic E-state index is 12.4. The lowest BCUT2D eigenvalue weighted by Gasteiger charge is -2.11. The van der Waals surface area contributed by atoms with Crippen LogP contribution in [0.1, 0.15) is 15.9 Å². The first kappa shape index (κ1) is 18.2. The number of hydrogen-bond donors (Lipinski definition) is 2. The predicted octanol–water partition coefficient (Wildman–Crippen LogP) is 3.36. The number of methoxy groups -OCH3 is 2. The lowest BCUT2D eigenvalue weighted by Crippen LogP contribution is -2.14. The summed E-state index contributed by atoms with van der Waals surface area (Å²) in [6, 6.07) is 15.1. The Kier molecular flexibility index (Phi) is 5.84. The molecule has 0 radical (unpaired) electrons. The van der Waals surface area contributed by atoms with Gasteiger partial charge >= 0.3 is 0 Å². The van der Waals surface area contributed by atoms with Gasteiger partial charge in [-0.25, -0.2) is 9.97 Å². The summed E-state index contributed by atoms with van der Waals surface area (Å²) in [5.41, 5.74) is 2.00. The smallest absolute Gasteiger partial charge is 0.258 e. The summed E-state index contributed by atoms with van der Waals surface area (Å²) in [4.78, 5) is 20.8. The quantitative estimate of drug-likeness (QED) is 0.669. The van der Waals surface area contributed by atoms with Gasteiger partial charge in [-0.1, -0.05) is 30.3 Å². The van der Waals surface area contributed by atoms with E-state index in [1.54, 1.807) is 25.3 Å². The average Bonchev–Trinajstić information content (AvgIpc) is 2.73. The molecule has 1 amide bonds. The van der Waals surface area contributed by atoms with Gasteiger partial charge in [0.1, 0.15) is 11.5 Å². The third-order valence-electron chi connectivity index (χ3n) is 3.86. The van der Waals surface area contributed by atoms with Crippen LogP contribution in [0.25, 0.3) is 0 Å². The molecule has 3 rings (SSSR count). The van der Waals surface area contributed by atoms with Crippen LogP contribution in [0.15, 0.2) is 60.9 Å². The molecule has 0 saturated heterocycles. The Hall–Kier alpha value is -3.61. The first-order valence-electron chi connectivity index (χ1n) is 8.33. The van der Waals surface area contributed by atoms with E-state index in [2.05, 4.69) is 20.6 Å². The minimum absolute atomic E-state index is 0.326. The summed E-state index contributed by atoms with van der Waals surface area (Å²) < 4.78 is 10.4. The first-order chi connectivity index (χ1) is 13.2. The summed E-state index contributed by atoms with van der Waals surface area (Å²) in [6.07, 6.45) is 2.96. The third kappa shape index (κ3) is 4.72. The molecule has 0 fully saturated rings. The monoisotopic (exact) mass is 364 g/mol. The molecule has 7 nitrogen and oxygen atoms in total. The molecule has 2 N–H and O–H groups in total. The average molecular weight is 364 g/mol. The van der Waals surface area contributed by atoms with Gasteiger partial charge in [-0.15, -0.1) is 0 Å². The molecule has 0 saturated carbocycles. The number of carbonyl (C=O) groups excluding carboxylic acids is 1. The van der Waals surface area contributed by atoms with Crippen molar-refractivity contribution in [3.8, 4) is 11.5 Å². The van der Waals surface area contributed by atoms with Gasteiger partial charge in [0.25, 0.3) is 5.91 Å². The highest BCUT2D eigenvalue weighted by Gasteiger charge is 2.12. The number of carbonyl (C=O) groups is 1. The molecule has 2 aromatic carbocycles. The van der Waals surface area contributed by atoms with Gasteiger partial charge in [0.15, 0.2) is 0 Å². The number of anilines is 2. The van der Waals surface area contributed by atoms with Crippen molar-refractivity contribution >= 4 is 17.5 Å². The second kappa shape index (κ2) is 8.66. The summed E-state index contributed by atoms with van der Waals surface area (Å²) in [7, 11) is 3.10. The molecule has 7 heteroatoms. The van der Waals surface area contributed by atoms with Crippen molar-refractivity contribution in [1.82, 2.24) is 9.97 Å². The number of nitrogens with zero attached hydrogens (tertiary/aromatic N) is 2. The van der Waals surface area contributed by atoms with Crippen molar-refractivity contribution < 1.29 is 14.3 Å². The van der Waals surface area contributed by atoms with E-state index in [-0.39, 0.29) is 5.91 Å². The molecule has 0 atom stereocenters. The maximum Gasteiger partial charge on any atom is 0.258 e. The largest absolute Gasteiger partial charge is 0.497 e. The van der Waals surface area contributed by atoms with Crippen LogP contribution in [0.4, 0.5) is 11.6 Å². The number of amides is 1. The number of hydrogen-bond acceptors (Lipinski definition) is 6. The Morgan fingerprint density at radius 3 is 2.41 bits per heavy atom. The molecule has 0 unspecified atom stereocenters. The predicted molar refractivity (Wildman–Crippen MR) is 103 cm³/mol. The van der Waals surface area contributed by atoms with E-state index in [9.17, 15) is 4.79 Å². The fourth-order valence-electron chi connectivity index (χ4n) is 2.41. The van der Waals surface area contributed by atoms with E-state index in [0.29, 0.717) is 35.2 Å². The molecule has 0 aliphatic carbocycles. The Morgan fingerprint density at radius 2 is 1.74 bits per heavy atom. The van der Waals surface area contributed by atoms with Crippen molar-refractivity contribution in [2.75, 3.05) is 24.9 Å². The van der Waals surface area contributed by atoms with Crippen molar-refractivity contribution in [3.05, 3.63) is 72.1 Å². The number of ether oxygens (including phenoxy) is 2. The van der Waals surface area contributed by atoms with Gasteiger partial charge in [-0.3, -0.25) is 4.79 Å². The molecule has 1 heterocycles. The highest BCUT2D eigenvalue weighted by Crippen LogP contribution is 2.29. The number of rotatable bonds is 7. The fraction of sp³-hybridized carbons (Fsp3) is 0.150. The van der Waals surface area contributed by atoms with Crippen LogP contribution in [0.3, 0.4) is 0 Å². The van der Waals surface area contributed by atoms with E-state index in [1.807, 2.05) is 30.3 Å². The summed E-state index contributed by atoms with van der Waals surface area (Å²) in [6.45, 7) is 0.607. The van der Waals surface area contributed by atoms with E-state index >= 15 is 0 Å². The summed E-state index contributed by atoms with van der Waals surface area (Å²) in [5.74, 6) is 1.28. The fourth-order valence-corrected chi connectivity index (χ4v) is 2.41. The molecule has 138 valence electrons. The molecule has 0 bridgehead atoms. The zero-order chi connectivity index (χ0) is 19.1. The lowest BCUT2D eigenvalue weighted by molar-refractivity contribution is 0.102. The highest BCUT2D eigenvalue weighted by atomic mass is 16.5. The molecule has 1 aromatic heterocycles. The van der Waals surface area contributed by atoms with Crippen LogP contribution >= 0.6 is 0 Å². The van der Waals surface area contributed by atoms with Crippen molar-refractivity contribution in [2.24, 2.45) is 0 Å². The Balaban J connectivity index is 1.64. The number of aromatic nitrogens is 2. The van der Waals surface area contributed by atoms with E-state index in [1.165, 1.54) is 19.5 Å². The van der Waals surface area contributed by atoms with Crippen LogP contribution < -0.4 is 20.1 Å². The summed E-state index contributed by atoms with van der Waals surface area (Å²) in [5, 5.41) is 5.91. The number of nitrogens with one attached hydrogen (secondary N) is 2. The van der Waals surface area contributed by atoms with Crippen molar-refractivity contribution in [1.29, 1.82) is 0 Å². The molecule has 3 aromatic rings. The molecular weight excluding hydrogens is 344 g/mol. The molecule has 0 aliphatic rings. The Morgan fingerprint density at radius 1 is 1.00 bits per heavy atom. The second-order valence-electron chi connectivity index (χ2n) is 5.65. The zero-order valence-electron chi connectivity index (χ0n) is 15.1. The van der Waals surface area contributed by atoms with E-state index in [4.69, 9.17) is 9.47 Å². The van der Waals surface area contributed by atoms with E-state index < -0.39 is 0 Å². The minimum atomic E-state index is -0.326. The van der Waals surface area contributed by atoms with Gasteiger partial charge in [0.2, 0.25) is 5.95 Å². The van der Waals surface area contributed by atoms with Gasteiger partial charge in [0, 0.05) is 25.0 Å². The first-order valence-corrected chi connectivity index (χ1v) is 8.33. The van der Waals surface area contributed by atoms with Crippen LogP contribution in [0.5, 0.6) is 11.5 Å². The highest BCUT2D eigenvalue weighted by molar-refractivity contribution is 6.04. The van der Waals surface area contributed by atoms with Crippen LogP contribution in [-0.4, -0.2) is 30.1 Å². The normalized spacial score (nSPS) is 10.1. The minimum Gasteiger partial charge on any atom is -0.497 e. The van der Waals surface area contributed by atoms with Gasteiger partial charge < -0.3 is 20.1 Å². The molecule has 27 heavy (non-hydrogen) atoms. The van der Waals surface area contributed by atoms with Gasteiger partial charge in [0.05, 0.1) is 25.5 Å². The van der Waals surface area contributed by atoms with Gasteiger partial charge in [-0.2, -0.15) is 0 Å². The second-order valence-corrected chi connectivity index (χ2v) is 5.65. The zero-order valence-corrected chi connectivity index (χ0v) is 15.1. The lowest BCUT2D eigenvalue weighted by atomic mass is 10.2. The number of benzene rings is 2. The molecular formula is C20H20N4O3. The molecule has 0 aliphatic heterocycles. The standard InChI is InChI=1S/C20H20N4O3/c1-26-16-8-9-17(18(10-16)27-2)24-19(25)15-12-22-20(23-13-15)21-11-14-6-4-3-5-7-14/h3-10,12-13H,11H2,1-2H3,(H,24,25)(H,21,22,23). The Labute approximate surface area is 157 Å². The summed E-state index contributed by atoms with van der Waals surface area (Å²) >= 11 is 0. The SMILES string of the molecule is COc1ccc(NC(=O)c2cnc(NCc3ccccc3)nc2)c(OC)c1. The van der Waals surface area contributed by atoms with Crippen molar-refractivity contribution in [3.63, 3.8) is 0 Å². The van der Waals surface area contributed by atoms with Crippen LogP contribution in [0.2, 0.25) is 0 Å². The van der Waals surface area contributed by atoms with E-state index in [0.717, 1.165) is 5.56 Å². The van der Waals surface area contributed by atoms with Crippen molar-refractivity contribution in [2.45, 2.75) is 6.54 Å². The van der Waals surface area contributed by atoms with Crippen LogP contribution in [0, 0.1) is 0 Å². The Bertz CT molecular complexity index is 899. The molecule has 0 spiro atoms. The topological polar surface area (TPSA) is 85.4 Å². The maximum absolute atomic E-state index is 12.4. The third-order valence-corrected chi connectivity index (χ3v) is 3.86. The van der Waals surface area contributed by atoms with Gasteiger partial charge in [-0.05, 0) is 17.7 Å². The van der Waals surface area contributed by atoms with Crippen LogP contribution in [-0.2, 0) is 6.54 Å².